The van der Waals surface area contributed by atoms with Gasteiger partial charge in [0.05, 0.1) is 11.4 Å². The van der Waals surface area contributed by atoms with E-state index in [1.165, 1.54) is 5.56 Å². The normalized spacial score (nSPS) is 11.0. The Morgan fingerprint density at radius 1 is 1.41 bits per heavy atom. The van der Waals surface area contributed by atoms with Crippen LogP contribution < -0.4 is 10.9 Å². The highest BCUT2D eigenvalue weighted by Crippen LogP contribution is 2.28. The molecule has 0 atom stereocenters. The number of aliphatic hydroxyl groups is 1. The van der Waals surface area contributed by atoms with Crippen LogP contribution in [0.2, 0.25) is 0 Å². The van der Waals surface area contributed by atoms with Gasteiger partial charge >= 0.3 is 0 Å². The lowest BCUT2D eigenvalue weighted by Gasteiger charge is -2.12. The minimum Gasteiger partial charge on any atom is -0.396 e. The fourth-order valence-electron chi connectivity index (χ4n) is 2.20. The number of H-pyrrole nitrogens is 1. The van der Waals surface area contributed by atoms with E-state index in [0.717, 1.165) is 10.2 Å². The fourth-order valence-corrected chi connectivity index (χ4v) is 2.69. The molecule has 0 aliphatic carbocycles. The second kappa shape index (κ2) is 7.07. The smallest absolute Gasteiger partial charge is 0.255 e. The predicted octanol–water partition coefficient (Wildman–Crippen LogP) is 3.24. The zero-order valence-corrected chi connectivity index (χ0v) is 14.5. The molecule has 0 radical (unpaired) electrons. The number of aliphatic hydroxyl groups excluding tert-OH is 1. The van der Waals surface area contributed by atoms with Gasteiger partial charge < -0.3 is 10.4 Å². The Balaban J connectivity index is 2.30. The summed E-state index contributed by atoms with van der Waals surface area (Å²) in [5.41, 5.74) is 2.98. The molecule has 0 aliphatic heterocycles. The SMILES string of the molecule is Cc1nc(Nc2ccc(C(C)C)cc2Br)[nH]c(=O)c1CCO. The zero-order valence-electron chi connectivity index (χ0n) is 12.9. The number of aromatic amines is 1. The Morgan fingerprint density at radius 2 is 2.14 bits per heavy atom. The first kappa shape index (κ1) is 16.7. The Kier molecular flexibility index (Phi) is 5.37. The third kappa shape index (κ3) is 3.75. The average molecular weight is 366 g/mol. The highest BCUT2D eigenvalue weighted by Gasteiger charge is 2.10. The number of hydrogen-bond acceptors (Lipinski definition) is 4. The van der Waals surface area contributed by atoms with Gasteiger partial charge in [-0.05, 0) is 46.5 Å². The van der Waals surface area contributed by atoms with Crippen molar-refractivity contribution < 1.29 is 5.11 Å². The molecule has 5 nitrogen and oxygen atoms in total. The van der Waals surface area contributed by atoms with Gasteiger partial charge in [0.1, 0.15) is 0 Å². The third-order valence-corrected chi connectivity index (χ3v) is 4.15. The molecule has 1 heterocycles. The van der Waals surface area contributed by atoms with Crippen LogP contribution in [-0.2, 0) is 6.42 Å². The number of nitrogens with one attached hydrogen (secondary N) is 2. The van der Waals surface area contributed by atoms with Crippen molar-refractivity contribution in [1.29, 1.82) is 0 Å². The van der Waals surface area contributed by atoms with Gasteiger partial charge in [0.25, 0.3) is 5.56 Å². The highest BCUT2D eigenvalue weighted by atomic mass is 79.9. The lowest BCUT2D eigenvalue weighted by atomic mass is 10.0. The lowest BCUT2D eigenvalue weighted by molar-refractivity contribution is 0.298. The maximum absolute atomic E-state index is 12.0. The fraction of sp³-hybridized carbons (Fsp3) is 0.375. The van der Waals surface area contributed by atoms with E-state index < -0.39 is 0 Å². The van der Waals surface area contributed by atoms with Gasteiger partial charge in [0.2, 0.25) is 5.95 Å². The van der Waals surface area contributed by atoms with Crippen LogP contribution in [0.4, 0.5) is 11.6 Å². The molecule has 0 fully saturated rings. The maximum Gasteiger partial charge on any atom is 0.255 e. The van der Waals surface area contributed by atoms with Crippen molar-refractivity contribution in [2.45, 2.75) is 33.1 Å². The van der Waals surface area contributed by atoms with Crippen molar-refractivity contribution in [1.82, 2.24) is 9.97 Å². The molecule has 0 aliphatic rings. The van der Waals surface area contributed by atoms with Crippen LogP contribution in [0.3, 0.4) is 0 Å². The van der Waals surface area contributed by atoms with Gasteiger partial charge in [-0.25, -0.2) is 4.98 Å². The van der Waals surface area contributed by atoms with Crippen LogP contribution in [0.5, 0.6) is 0 Å². The summed E-state index contributed by atoms with van der Waals surface area (Å²) in [7, 11) is 0. The minimum atomic E-state index is -0.223. The van der Waals surface area contributed by atoms with Crippen LogP contribution in [0.25, 0.3) is 0 Å². The van der Waals surface area contributed by atoms with Crippen molar-refractivity contribution in [3.05, 3.63) is 49.8 Å². The molecule has 0 amide bonds. The van der Waals surface area contributed by atoms with Crippen molar-refractivity contribution in [2.75, 3.05) is 11.9 Å². The molecule has 2 aromatic rings. The first-order valence-electron chi connectivity index (χ1n) is 7.19. The number of hydrogen-bond donors (Lipinski definition) is 3. The first-order valence-corrected chi connectivity index (χ1v) is 7.98. The van der Waals surface area contributed by atoms with Gasteiger partial charge in [-0.3, -0.25) is 9.78 Å². The second-order valence-corrected chi connectivity index (χ2v) is 6.33. The minimum absolute atomic E-state index is 0.0689. The van der Waals surface area contributed by atoms with Gasteiger partial charge in [-0.2, -0.15) is 0 Å². The molecule has 1 aromatic carbocycles. The van der Waals surface area contributed by atoms with Gasteiger partial charge in [-0.1, -0.05) is 19.9 Å². The largest absolute Gasteiger partial charge is 0.396 e. The van der Waals surface area contributed by atoms with E-state index in [-0.39, 0.29) is 12.2 Å². The standard InChI is InChI=1S/C16H20BrN3O2/c1-9(2)11-4-5-14(13(17)8-11)19-16-18-10(3)12(6-7-21)15(22)20-16/h4-5,8-9,21H,6-7H2,1-3H3,(H2,18,19,20,22). The summed E-state index contributed by atoms with van der Waals surface area (Å²) in [6.07, 6.45) is 0.307. The summed E-state index contributed by atoms with van der Waals surface area (Å²) in [6, 6.07) is 6.05. The molecule has 0 bridgehead atoms. The summed E-state index contributed by atoms with van der Waals surface area (Å²) in [5.74, 6) is 0.838. The third-order valence-electron chi connectivity index (χ3n) is 3.50. The summed E-state index contributed by atoms with van der Waals surface area (Å²) in [4.78, 5) is 19.1. The first-order chi connectivity index (χ1) is 10.4. The number of benzene rings is 1. The number of halogens is 1. The number of anilines is 2. The van der Waals surface area contributed by atoms with Crippen LogP contribution in [0.1, 0.15) is 36.6 Å². The van der Waals surface area contributed by atoms with E-state index >= 15 is 0 Å². The topological polar surface area (TPSA) is 78.0 Å². The van der Waals surface area contributed by atoms with E-state index in [2.05, 4.69) is 51.1 Å². The molecule has 0 unspecified atom stereocenters. The van der Waals surface area contributed by atoms with Crippen LogP contribution in [-0.4, -0.2) is 21.7 Å². The van der Waals surface area contributed by atoms with Crippen molar-refractivity contribution in [2.24, 2.45) is 0 Å². The molecule has 0 spiro atoms. The van der Waals surface area contributed by atoms with E-state index in [1.54, 1.807) is 6.92 Å². The van der Waals surface area contributed by atoms with Crippen molar-refractivity contribution in [3.8, 4) is 0 Å². The molecule has 6 heteroatoms. The maximum atomic E-state index is 12.0. The number of rotatable bonds is 5. The monoisotopic (exact) mass is 365 g/mol. The lowest BCUT2D eigenvalue weighted by Crippen LogP contribution is -2.19. The second-order valence-electron chi connectivity index (χ2n) is 5.47. The van der Waals surface area contributed by atoms with E-state index in [9.17, 15) is 4.79 Å². The highest BCUT2D eigenvalue weighted by molar-refractivity contribution is 9.10. The molecule has 22 heavy (non-hydrogen) atoms. The molecule has 3 N–H and O–H groups in total. The van der Waals surface area contributed by atoms with Crippen LogP contribution in [0.15, 0.2) is 27.5 Å². The Hall–Kier alpha value is -1.66. The predicted molar refractivity (Wildman–Crippen MR) is 91.9 cm³/mol. The Bertz CT molecular complexity index is 726. The summed E-state index contributed by atoms with van der Waals surface area (Å²) >= 11 is 3.53. The summed E-state index contributed by atoms with van der Waals surface area (Å²) in [5, 5.41) is 12.1. The van der Waals surface area contributed by atoms with Crippen LogP contribution >= 0.6 is 15.9 Å². The number of aryl methyl sites for hydroxylation is 1. The van der Waals surface area contributed by atoms with Crippen LogP contribution in [0, 0.1) is 6.92 Å². The summed E-state index contributed by atoms with van der Waals surface area (Å²) in [6.45, 7) is 5.97. The van der Waals surface area contributed by atoms with E-state index in [1.807, 2.05) is 12.1 Å². The summed E-state index contributed by atoms with van der Waals surface area (Å²) < 4.78 is 0.915. The quantitative estimate of drug-likeness (QED) is 0.759. The number of nitrogens with zero attached hydrogens (tertiary/aromatic N) is 1. The van der Waals surface area contributed by atoms with Crippen molar-refractivity contribution in [3.63, 3.8) is 0 Å². The molecule has 2 rings (SSSR count). The van der Waals surface area contributed by atoms with E-state index in [4.69, 9.17) is 5.11 Å². The molecular formula is C16H20BrN3O2. The Labute approximate surface area is 137 Å². The Morgan fingerprint density at radius 3 is 2.68 bits per heavy atom. The zero-order chi connectivity index (χ0) is 16.3. The van der Waals surface area contributed by atoms with Crippen molar-refractivity contribution >= 4 is 27.6 Å². The average Bonchev–Trinajstić information content (AvgIpc) is 2.45. The molecule has 0 saturated heterocycles. The molecule has 118 valence electrons. The van der Waals surface area contributed by atoms with Gasteiger partial charge in [0, 0.05) is 23.1 Å². The number of aromatic nitrogens is 2. The van der Waals surface area contributed by atoms with Gasteiger partial charge in [0.15, 0.2) is 0 Å². The van der Waals surface area contributed by atoms with E-state index in [0.29, 0.717) is 29.5 Å². The molecule has 0 saturated carbocycles. The van der Waals surface area contributed by atoms with Gasteiger partial charge in [-0.15, -0.1) is 0 Å². The molecular weight excluding hydrogens is 346 g/mol. The molecule has 1 aromatic heterocycles.